The number of hydrogen-bond donors (Lipinski definition) is 1. The van der Waals surface area contributed by atoms with Crippen molar-refractivity contribution < 1.29 is 8.42 Å². The molecule has 2 fully saturated rings. The molecule has 2 aliphatic rings. The van der Waals surface area contributed by atoms with Gasteiger partial charge in [-0.05, 0) is 32.6 Å². The summed E-state index contributed by atoms with van der Waals surface area (Å²) in [5.41, 5.74) is 6.00. The van der Waals surface area contributed by atoms with Crippen LogP contribution in [0.2, 0.25) is 0 Å². The zero-order valence-corrected chi connectivity index (χ0v) is 10.9. The number of fused-ring (bicyclic) bond motifs is 2. The molecule has 2 aliphatic heterocycles. The Bertz CT molecular complexity index is 341. The smallest absolute Gasteiger partial charge is 0.148 e. The zero-order chi connectivity index (χ0) is 11.9. The molecule has 0 aromatic rings. The van der Waals surface area contributed by atoms with Crippen molar-refractivity contribution in [1.29, 1.82) is 0 Å². The average molecular weight is 246 g/mol. The number of piperidine rings is 1. The molecule has 0 aliphatic carbocycles. The number of nitrogens with zero attached hydrogens (tertiary/aromatic N) is 1. The molecule has 2 bridgehead atoms. The summed E-state index contributed by atoms with van der Waals surface area (Å²) in [6.45, 7) is 2.03. The van der Waals surface area contributed by atoms with E-state index in [0.717, 1.165) is 12.8 Å². The monoisotopic (exact) mass is 246 g/mol. The summed E-state index contributed by atoms with van der Waals surface area (Å²) in [4.78, 5) is 2.41. The summed E-state index contributed by atoms with van der Waals surface area (Å²) in [6.07, 6.45) is 5.76. The average Bonchev–Trinajstić information content (AvgIpc) is 2.36. The van der Waals surface area contributed by atoms with E-state index in [1.807, 2.05) is 6.92 Å². The van der Waals surface area contributed by atoms with E-state index in [1.54, 1.807) is 0 Å². The lowest BCUT2D eigenvalue weighted by molar-refractivity contribution is 0.0951. The minimum Gasteiger partial charge on any atom is -0.328 e. The molecule has 2 heterocycles. The normalized spacial score (nSPS) is 37.6. The van der Waals surface area contributed by atoms with E-state index in [-0.39, 0.29) is 11.8 Å². The van der Waals surface area contributed by atoms with Crippen molar-refractivity contribution in [3.8, 4) is 0 Å². The molecular formula is C11H22N2O2S. The van der Waals surface area contributed by atoms with Gasteiger partial charge in [0.15, 0.2) is 0 Å². The first-order valence-corrected chi connectivity index (χ1v) is 8.13. The van der Waals surface area contributed by atoms with Crippen LogP contribution in [0.25, 0.3) is 0 Å². The van der Waals surface area contributed by atoms with E-state index in [9.17, 15) is 8.42 Å². The third kappa shape index (κ3) is 2.57. The predicted octanol–water partition coefficient (Wildman–Crippen LogP) is 0.374. The lowest BCUT2D eigenvalue weighted by Gasteiger charge is -2.41. The number of nitrogens with two attached hydrogens (primary N) is 1. The second-order valence-corrected chi connectivity index (χ2v) is 7.69. The topological polar surface area (TPSA) is 63.4 Å². The second kappa shape index (κ2) is 4.27. The van der Waals surface area contributed by atoms with Crippen molar-refractivity contribution in [1.82, 2.24) is 4.90 Å². The van der Waals surface area contributed by atoms with Crippen LogP contribution < -0.4 is 5.73 Å². The van der Waals surface area contributed by atoms with Crippen molar-refractivity contribution in [2.75, 3.05) is 12.0 Å². The fourth-order valence-electron chi connectivity index (χ4n) is 3.50. The molecule has 0 spiro atoms. The summed E-state index contributed by atoms with van der Waals surface area (Å²) in [5.74, 6) is 0.273. The Hall–Kier alpha value is -0.130. The maximum atomic E-state index is 11.3. The summed E-state index contributed by atoms with van der Waals surface area (Å²) in [6, 6.07) is 1.50. The first-order chi connectivity index (χ1) is 7.37. The Kier molecular flexibility index (Phi) is 3.29. The number of rotatable bonds is 3. The van der Waals surface area contributed by atoms with Crippen molar-refractivity contribution >= 4 is 9.84 Å². The van der Waals surface area contributed by atoms with E-state index in [2.05, 4.69) is 4.90 Å². The molecule has 94 valence electrons. The fraction of sp³-hybridized carbons (Fsp3) is 1.00. The van der Waals surface area contributed by atoms with Crippen molar-refractivity contribution in [2.24, 2.45) is 5.73 Å². The minimum atomic E-state index is -2.88. The van der Waals surface area contributed by atoms with E-state index in [1.165, 1.54) is 19.1 Å². The van der Waals surface area contributed by atoms with Gasteiger partial charge in [0.1, 0.15) is 9.84 Å². The summed E-state index contributed by atoms with van der Waals surface area (Å²) in [7, 11) is -2.88. The van der Waals surface area contributed by atoms with Crippen LogP contribution >= 0.6 is 0 Å². The Balaban J connectivity index is 2.05. The first-order valence-electron chi connectivity index (χ1n) is 6.07. The fourth-order valence-corrected chi connectivity index (χ4v) is 4.55. The molecule has 0 amide bonds. The highest BCUT2D eigenvalue weighted by molar-refractivity contribution is 7.90. The lowest BCUT2D eigenvalue weighted by Crippen LogP contribution is -2.52. The molecule has 16 heavy (non-hydrogen) atoms. The molecule has 0 aromatic heterocycles. The van der Waals surface area contributed by atoms with Gasteiger partial charge in [0.05, 0.1) is 5.75 Å². The minimum absolute atomic E-state index is 0.139. The van der Waals surface area contributed by atoms with Gasteiger partial charge in [-0.25, -0.2) is 8.42 Å². The Morgan fingerprint density at radius 3 is 2.25 bits per heavy atom. The van der Waals surface area contributed by atoms with Crippen molar-refractivity contribution in [3.63, 3.8) is 0 Å². The highest BCUT2D eigenvalue weighted by atomic mass is 32.2. The summed E-state index contributed by atoms with van der Waals surface area (Å²) >= 11 is 0. The van der Waals surface area contributed by atoms with Gasteiger partial charge in [0.25, 0.3) is 0 Å². The number of sulfone groups is 1. The largest absolute Gasteiger partial charge is 0.328 e. The highest BCUT2D eigenvalue weighted by Crippen LogP contribution is 2.36. The molecule has 3 unspecified atom stereocenters. The van der Waals surface area contributed by atoms with Crippen LogP contribution in [-0.4, -0.2) is 49.5 Å². The van der Waals surface area contributed by atoms with Crippen LogP contribution in [0.5, 0.6) is 0 Å². The zero-order valence-electron chi connectivity index (χ0n) is 10.1. The van der Waals surface area contributed by atoms with E-state index >= 15 is 0 Å². The molecule has 3 atom stereocenters. The van der Waals surface area contributed by atoms with Crippen LogP contribution in [-0.2, 0) is 9.84 Å². The summed E-state index contributed by atoms with van der Waals surface area (Å²) in [5, 5.41) is 0. The maximum absolute atomic E-state index is 11.3. The Labute approximate surface area is 98.1 Å². The lowest BCUT2D eigenvalue weighted by atomic mass is 9.97. The summed E-state index contributed by atoms with van der Waals surface area (Å²) < 4.78 is 22.7. The van der Waals surface area contributed by atoms with Gasteiger partial charge in [0.2, 0.25) is 0 Å². The van der Waals surface area contributed by atoms with Crippen LogP contribution in [0.3, 0.4) is 0 Å². The SMILES string of the molecule is CC(CS(C)(=O)=O)N1C2CCC1CC(N)C2. The molecule has 0 radical (unpaired) electrons. The van der Waals surface area contributed by atoms with E-state index < -0.39 is 9.84 Å². The van der Waals surface area contributed by atoms with Gasteiger partial charge in [-0.15, -0.1) is 0 Å². The first kappa shape index (κ1) is 12.3. The van der Waals surface area contributed by atoms with Crippen molar-refractivity contribution in [3.05, 3.63) is 0 Å². The van der Waals surface area contributed by atoms with Gasteiger partial charge in [0, 0.05) is 30.4 Å². The van der Waals surface area contributed by atoms with Gasteiger partial charge in [-0.3, -0.25) is 4.90 Å². The Morgan fingerprint density at radius 1 is 1.31 bits per heavy atom. The van der Waals surface area contributed by atoms with Crippen LogP contribution in [0.15, 0.2) is 0 Å². The highest BCUT2D eigenvalue weighted by Gasteiger charge is 2.42. The molecule has 5 heteroatoms. The van der Waals surface area contributed by atoms with Crippen LogP contribution in [0.4, 0.5) is 0 Å². The standard InChI is InChI=1S/C11H22N2O2S/c1-8(7-16(2,14)15)13-10-3-4-11(13)6-9(12)5-10/h8-11H,3-7,12H2,1-2H3. The Morgan fingerprint density at radius 2 is 1.81 bits per heavy atom. The third-order valence-corrected chi connectivity index (χ3v) is 4.97. The van der Waals surface area contributed by atoms with Crippen LogP contribution in [0, 0.1) is 0 Å². The molecule has 2 saturated heterocycles. The molecule has 0 aromatic carbocycles. The van der Waals surface area contributed by atoms with Crippen LogP contribution in [0.1, 0.15) is 32.6 Å². The maximum Gasteiger partial charge on any atom is 0.148 e. The van der Waals surface area contributed by atoms with Crippen molar-refractivity contribution in [2.45, 2.75) is 56.8 Å². The van der Waals surface area contributed by atoms with E-state index in [4.69, 9.17) is 5.73 Å². The van der Waals surface area contributed by atoms with Gasteiger partial charge in [-0.1, -0.05) is 0 Å². The van der Waals surface area contributed by atoms with E-state index in [0.29, 0.717) is 18.1 Å². The molecular weight excluding hydrogens is 224 g/mol. The molecule has 2 N–H and O–H groups in total. The van der Waals surface area contributed by atoms with Gasteiger partial charge >= 0.3 is 0 Å². The third-order valence-electron chi connectivity index (χ3n) is 3.88. The second-order valence-electron chi connectivity index (χ2n) is 5.51. The molecule has 0 saturated carbocycles. The quantitative estimate of drug-likeness (QED) is 0.781. The molecule has 4 nitrogen and oxygen atoms in total. The van der Waals surface area contributed by atoms with Gasteiger partial charge < -0.3 is 5.73 Å². The number of hydrogen-bond acceptors (Lipinski definition) is 4. The molecule has 2 rings (SSSR count). The van der Waals surface area contributed by atoms with Gasteiger partial charge in [-0.2, -0.15) is 0 Å². The predicted molar refractivity (Wildman–Crippen MR) is 65.0 cm³/mol.